The molecule has 2 atom stereocenters. The van der Waals surface area contributed by atoms with E-state index in [0.29, 0.717) is 13.0 Å². The lowest BCUT2D eigenvalue weighted by atomic mass is 10.2. The van der Waals surface area contributed by atoms with Crippen molar-refractivity contribution in [1.29, 1.82) is 0 Å². The van der Waals surface area contributed by atoms with Gasteiger partial charge in [-0.3, -0.25) is 0 Å². The minimum atomic E-state index is 0.165. The molecule has 3 N–H and O–H groups in total. The SMILES string of the molecule is CC(CO)CSC(CO)CCNCCC=O. The Labute approximate surface area is 102 Å². The molecule has 16 heavy (non-hydrogen) atoms. The second-order valence-corrected chi connectivity index (χ2v) is 5.25. The number of nitrogens with one attached hydrogen (secondary N) is 1. The maximum absolute atomic E-state index is 10.1. The lowest BCUT2D eigenvalue weighted by Crippen LogP contribution is -2.23. The molecule has 4 nitrogen and oxygen atoms in total. The van der Waals surface area contributed by atoms with Gasteiger partial charge < -0.3 is 20.3 Å². The van der Waals surface area contributed by atoms with Crippen LogP contribution in [0.1, 0.15) is 19.8 Å². The minimum Gasteiger partial charge on any atom is -0.396 e. The summed E-state index contributed by atoms with van der Waals surface area (Å²) in [6.45, 7) is 3.88. The summed E-state index contributed by atoms with van der Waals surface area (Å²) < 4.78 is 0. The molecule has 0 aliphatic carbocycles. The predicted molar refractivity (Wildman–Crippen MR) is 67.7 cm³/mol. The third kappa shape index (κ3) is 9.15. The molecule has 0 saturated heterocycles. The monoisotopic (exact) mass is 249 g/mol. The summed E-state index contributed by atoms with van der Waals surface area (Å²) in [7, 11) is 0. The number of hydrogen-bond acceptors (Lipinski definition) is 5. The average Bonchev–Trinajstić information content (AvgIpc) is 2.32. The third-order valence-electron chi connectivity index (χ3n) is 2.21. The van der Waals surface area contributed by atoms with Crippen molar-refractivity contribution in [3.63, 3.8) is 0 Å². The summed E-state index contributed by atoms with van der Waals surface area (Å²) in [5.74, 6) is 1.15. The van der Waals surface area contributed by atoms with Crippen molar-refractivity contribution in [3.8, 4) is 0 Å². The van der Waals surface area contributed by atoms with E-state index in [9.17, 15) is 4.79 Å². The number of hydrogen-bond donors (Lipinski definition) is 3. The first kappa shape index (κ1) is 15.9. The Morgan fingerprint density at radius 1 is 1.31 bits per heavy atom. The molecule has 0 saturated carbocycles. The highest BCUT2D eigenvalue weighted by Gasteiger charge is 2.09. The molecular weight excluding hydrogens is 226 g/mol. The van der Waals surface area contributed by atoms with Gasteiger partial charge in [0.1, 0.15) is 6.29 Å². The first-order valence-electron chi connectivity index (χ1n) is 5.72. The Morgan fingerprint density at radius 2 is 2.06 bits per heavy atom. The summed E-state index contributed by atoms with van der Waals surface area (Å²) in [6.07, 6.45) is 2.32. The standard InChI is InChI=1S/C11H23NO3S/c1-10(7-14)9-16-11(8-15)3-5-12-4-2-6-13/h6,10-12,14-15H,2-5,7-9H2,1H3. The molecule has 0 aromatic carbocycles. The van der Waals surface area contributed by atoms with Gasteiger partial charge in [-0.1, -0.05) is 6.92 Å². The van der Waals surface area contributed by atoms with Gasteiger partial charge in [-0.05, 0) is 24.6 Å². The summed E-state index contributed by atoms with van der Waals surface area (Å²) in [4.78, 5) is 10.1. The van der Waals surface area contributed by atoms with Crippen molar-refractivity contribution >= 4 is 18.0 Å². The molecule has 0 aliphatic heterocycles. The van der Waals surface area contributed by atoms with Gasteiger partial charge in [0.15, 0.2) is 0 Å². The van der Waals surface area contributed by atoms with Gasteiger partial charge in [-0.15, -0.1) is 0 Å². The quantitative estimate of drug-likeness (QED) is 0.362. The van der Waals surface area contributed by atoms with Crippen molar-refractivity contribution in [2.24, 2.45) is 5.92 Å². The van der Waals surface area contributed by atoms with E-state index in [1.165, 1.54) is 0 Å². The van der Waals surface area contributed by atoms with E-state index in [4.69, 9.17) is 10.2 Å². The maximum atomic E-state index is 10.1. The molecule has 0 radical (unpaired) electrons. The topological polar surface area (TPSA) is 69.6 Å². The number of carbonyl (C=O) groups is 1. The van der Waals surface area contributed by atoms with E-state index in [-0.39, 0.29) is 24.4 Å². The van der Waals surface area contributed by atoms with Crippen LogP contribution < -0.4 is 5.32 Å². The van der Waals surface area contributed by atoms with Crippen LogP contribution in [0.25, 0.3) is 0 Å². The largest absolute Gasteiger partial charge is 0.396 e. The van der Waals surface area contributed by atoms with Crippen LogP contribution in [0.5, 0.6) is 0 Å². The van der Waals surface area contributed by atoms with Crippen LogP contribution in [0, 0.1) is 5.92 Å². The Bertz CT molecular complexity index is 169. The second kappa shape index (κ2) is 11.4. The number of carbonyl (C=O) groups excluding carboxylic acids is 1. The van der Waals surface area contributed by atoms with Gasteiger partial charge in [0, 0.05) is 24.8 Å². The van der Waals surface area contributed by atoms with E-state index in [1.807, 2.05) is 6.92 Å². The van der Waals surface area contributed by atoms with Crippen molar-refractivity contribution in [2.75, 3.05) is 32.1 Å². The molecule has 0 heterocycles. The molecule has 0 amide bonds. The second-order valence-electron chi connectivity index (χ2n) is 3.92. The Kier molecular flexibility index (Phi) is 11.3. The summed E-state index contributed by atoms with van der Waals surface area (Å²) in [6, 6.07) is 0. The van der Waals surface area contributed by atoms with Gasteiger partial charge in [0.05, 0.1) is 6.61 Å². The van der Waals surface area contributed by atoms with Gasteiger partial charge in [0.25, 0.3) is 0 Å². The lowest BCUT2D eigenvalue weighted by Gasteiger charge is -2.16. The zero-order valence-corrected chi connectivity index (χ0v) is 10.7. The molecule has 0 fully saturated rings. The molecule has 5 heteroatoms. The molecule has 0 bridgehead atoms. The molecule has 0 aliphatic rings. The van der Waals surface area contributed by atoms with E-state index in [1.54, 1.807) is 11.8 Å². The smallest absolute Gasteiger partial charge is 0.121 e. The minimum absolute atomic E-state index is 0.165. The van der Waals surface area contributed by atoms with Crippen LogP contribution in [-0.4, -0.2) is 53.8 Å². The maximum Gasteiger partial charge on any atom is 0.121 e. The van der Waals surface area contributed by atoms with Crippen LogP contribution in [0.3, 0.4) is 0 Å². The third-order valence-corrected chi connectivity index (χ3v) is 3.83. The number of aliphatic hydroxyl groups excluding tert-OH is 2. The zero-order chi connectivity index (χ0) is 12.2. The lowest BCUT2D eigenvalue weighted by molar-refractivity contribution is -0.107. The van der Waals surface area contributed by atoms with E-state index >= 15 is 0 Å². The van der Waals surface area contributed by atoms with Gasteiger partial charge in [0.2, 0.25) is 0 Å². The molecule has 2 unspecified atom stereocenters. The highest BCUT2D eigenvalue weighted by Crippen LogP contribution is 2.17. The van der Waals surface area contributed by atoms with Crippen LogP contribution in [-0.2, 0) is 4.79 Å². The van der Waals surface area contributed by atoms with E-state index in [0.717, 1.165) is 25.0 Å². The Morgan fingerprint density at radius 3 is 2.62 bits per heavy atom. The number of thioether (sulfide) groups is 1. The fourth-order valence-electron chi connectivity index (χ4n) is 1.13. The van der Waals surface area contributed by atoms with Gasteiger partial charge >= 0.3 is 0 Å². The first-order valence-corrected chi connectivity index (χ1v) is 6.77. The van der Waals surface area contributed by atoms with Crippen molar-refractivity contribution < 1.29 is 15.0 Å². The van der Waals surface area contributed by atoms with E-state index in [2.05, 4.69) is 5.32 Å². The van der Waals surface area contributed by atoms with Gasteiger partial charge in [-0.2, -0.15) is 11.8 Å². The molecule has 0 aromatic rings. The number of aldehydes is 1. The van der Waals surface area contributed by atoms with Crippen molar-refractivity contribution in [1.82, 2.24) is 5.32 Å². The zero-order valence-electron chi connectivity index (χ0n) is 9.89. The molecule has 0 aromatic heterocycles. The van der Waals surface area contributed by atoms with Crippen LogP contribution in [0.2, 0.25) is 0 Å². The summed E-state index contributed by atoms with van der Waals surface area (Å²) in [5.41, 5.74) is 0. The fraction of sp³-hybridized carbons (Fsp3) is 0.909. The van der Waals surface area contributed by atoms with Crippen LogP contribution in [0.4, 0.5) is 0 Å². The number of aliphatic hydroxyl groups is 2. The highest BCUT2D eigenvalue weighted by molar-refractivity contribution is 7.99. The van der Waals surface area contributed by atoms with E-state index < -0.39 is 0 Å². The molecule has 0 rings (SSSR count). The Hall–Kier alpha value is -0.100. The Balaban J connectivity index is 3.47. The van der Waals surface area contributed by atoms with Crippen LogP contribution >= 0.6 is 11.8 Å². The number of rotatable bonds is 11. The fourth-order valence-corrected chi connectivity index (χ4v) is 2.23. The average molecular weight is 249 g/mol. The first-order chi connectivity index (χ1) is 7.74. The van der Waals surface area contributed by atoms with Gasteiger partial charge in [-0.25, -0.2) is 0 Å². The summed E-state index contributed by atoms with van der Waals surface area (Å²) in [5, 5.41) is 21.4. The molecule has 96 valence electrons. The normalized spacial score (nSPS) is 14.7. The predicted octanol–water partition coefficient (Wildman–Crippen LogP) is 0.278. The molecular formula is C11H23NO3S. The van der Waals surface area contributed by atoms with Crippen molar-refractivity contribution in [3.05, 3.63) is 0 Å². The van der Waals surface area contributed by atoms with Crippen LogP contribution in [0.15, 0.2) is 0 Å². The molecule has 0 spiro atoms. The highest BCUT2D eigenvalue weighted by atomic mass is 32.2. The van der Waals surface area contributed by atoms with Crippen molar-refractivity contribution in [2.45, 2.75) is 25.0 Å². The summed E-state index contributed by atoms with van der Waals surface area (Å²) >= 11 is 1.70.